The van der Waals surface area contributed by atoms with Crippen molar-refractivity contribution in [2.75, 3.05) is 7.11 Å². The maximum Gasteiger partial charge on any atom is 0.305 e. The zero-order valence-electron chi connectivity index (χ0n) is 19.8. The first-order valence-electron chi connectivity index (χ1n) is 10.3. The van der Waals surface area contributed by atoms with E-state index in [9.17, 15) is 9.59 Å². The molecule has 0 saturated heterocycles. The third-order valence-corrected chi connectivity index (χ3v) is 16.2. The molecule has 1 fully saturated rings. The van der Waals surface area contributed by atoms with Gasteiger partial charge in [0.15, 0.2) is 16.6 Å². The van der Waals surface area contributed by atoms with Gasteiger partial charge in [-0.3, -0.25) is 4.79 Å². The van der Waals surface area contributed by atoms with Crippen molar-refractivity contribution in [1.29, 1.82) is 0 Å². The first-order chi connectivity index (χ1) is 12.5. The second kappa shape index (κ2) is 8.70. The molecule has 0 aliphatic heterocycles. The summed E-state index contributed by atoms with van der Waals surface area (Å²) in [5.74, 6) is -0.842. The average molecular weight is 431 g/mol. The molecule has 0 N–H and O–H groups in total. The summed E-state index contributed by atoms with van der Waals surface area (Å²) in [6.45, 7) is 22.0. The molecule has 1 aliphatic rings. The van der Waals surface area contributed by atoms with Crippen molar-refractivity contribution >= 4 is 28.9 Å². The largest absolute Gasteiger partial charge is 0.469 e. The fourth-order valence-electron chi connectivity index (χ4n) is 3.19. The molecule has 1 saturated carbocycles. The van der Waals surface area contributed by atoms with Crippen molar-refractivity contribution in [3.8, 4) is 0 Å². The third-order valence-electron chi connectivity index (χ3n) is 7.16. The molecule has 4 atom stereocenters. The van der Waals surface area contributed by atoms with Crippen LogP contribution in [0.1, 0.15) is 54.4 Å². The number of esters is 1. The topological polar surface area (TPSA) is 61.8 Å². The van der Waals surface area contributed by atoms with Crippen LogP contribution >= 0.6 is 0 Å². The summed E-state index contributed by atoms with van der Waals surface area (Å²) in [7, 11) is -2.71. The first-order valence-corrected chi connectivity index (χ1v) is 16.2. The lowest BCUT2D eigenvalue weighted by molar-refractivity contribution is -0.143. The molecule has 2 unspecified atom stereocenters. The smallest absolute Gasteiger partial charge is 0.305 e. The van der Waals surface area contributed by atoms with Gasteiger partial charge in [-0.05, 0) is 42.7 Å². The monoisotopic (exact) mass is 430 g/mol. The fourth-order valence-corrected chi connectivity index (χ4v) is 5.93. The summed E-state index contributed by atoms with van der Waals surface area (Å²) >= 11 is 0. The Bertz CT molecular complexity index is 560. The quantitative estimate of drug-likeness (QED) is 0.317. The second-order valence-electron chi connectivity index (χ2n) is 11.2. The van der Waals surface area contributed by atoms with Gasteiger partial charge in [0.1, 0.15) is 6.29 Å². The van der Waals surface area contributed by atoms with Gasteiger partial charge in [0, 0.05) is 11.8 Å². The summed E-state index contributed by atoms with van der Waals surface area (Å²) in [5, 5.41) is 0.106. The highest BCUT2D eigenvalue weighted by atomic mass is 28.4. The van der Waals surface area contributed by atoms with Gasteiger partial charge in [-0.2, -0.15) is 0 Å². The number of ether oxygens (including phenoxy) is 1. The van der Waals surface area contributed by atoms with E-state index in [1.54, 1.807) is 0 Å². The van der Waals surface area contributed by atoms with E-state index in [4.69, 9.17) is 13.6 Å². The molecule has 0 aromatic carbocycles. The van der Waals surface area contributed by atoms with Crippen LogP contribution in [0.2, 0.25) is 36.3 Å². The van der Waals surface area contributed by atoms with Crippen LogP contribution in [-0.4, -0.2) is 48.2 Å². The maximum absolute atomic E-state index is 12.1. The summed E-state index contributed by atoms with van der Waals surface area (Å²) in [5.41, 5.74) is 0. The van der Waals surface area contributed by atoms with Crippen LogP contribution in [0, 0.1) is 11.8 Å². The number of rotatable bonds is 7. The standard InChI is InChI=1S/C21H42O5Si2/c1-20(2,3)27(8,9)25-17-13-18(26-28(10,11)21(4,5)6)16(14-22)15(17)12-19(23)24-7/h14-18H,12-13H2,1-11H3/t15?,16?,17-,18+/m0/s1. The SMILES string of the molecule is COC(=O)CC1C(C=O)[C@H](O[Si](C)(C)C(C)(C)C)C[C@@H]1O[Si](C)(C)C(C)(C)C. The van der Waals surface area contributed by atoms with Crippen molar-refractivity contribution < 1.29 is 23.2 Å². The van der Waals surface area contributed by atoms with E-state index < -0.39 is 16.6 Å². The minimum absolute atomic E-state index is 0.0522. The molecule has 1 rings (SSSR count). The Balaban J connectivity index is 3.19. The van der Waals surface area contributed by atoms with Crippen LogP contribution in [0.15, 0.2) is 0 Å². The Kier molecular flexibility index (Phi) is 7.93. The lowest BCUT2D eigenvalue weighted by Crippen LogP contribution is -2.45. The molecule has 1 aliphatic carbocycles. The zero-order chi connectivity index (χ0) is 22.1. The van der Waals surface area contributed by atoms with Gasteiger partial charge in [-0.1, -0.05) is 41.5 Å². The predicted molar refractivity (Wildman–Crippen MR) is 118 cm³/mol. The van der Waals surface area contributed by atoms with Crippen molar-refractivity contribution in [1.82, 2.24) is 0 Å². The van der Waals surface area contributed by atoms with Crippen LogP contribution < -0.4 is 0 Å². The molecular formula is C21H42O5Si2. The van der Waals surface area contributed by atoms with Gasteiger partial charge < -0.3 is 18.4 Å². The molecule has 5 nitrogen and oxygen atoms in total. The summed E-state index contributed by atoms with van der Waals surface area (Å²) < 4.78 is 18.2. The molecule has 0 aromatic rings. The molecule has 0 aromatic heterocycles. The van der Waals surface area contributed by atoms with Gasteiger partial charge in [0.25, 0.3) is 0 Å². The van der Waals surface area contributed by atoms with Crippen molar-refractivity contribution in [2.45, 2.75) is 103 Å². The molecular weight excluding hydrogens is 388 g/mol. The van der Waals surface area contributed by atoms with Gasteiger partial charge in [0.2, 0.25) is 0 Å². The summed E-state index contributed by atoms with van der Waals surface area (Å²) in [4.78, 5) is 24.2. The Morgan fingerprint density at radius 2 is 1.36 bits per heavy atom. The van der Waals surface area contributed by atoms with Crippen molar-refractivity contribution in [3.05, 3.63) is 0 Å². The number of hydrogen-bond acceptors (Lipinski definition) is 5. The Hall–Kier alpha value is -0.506. The Morgan fingerprint density at radius 3 is 1.71 bits per heavy atom. The van der Waals surface area contributed by atoms with Crippen molar-refractivity contribution in [3.63, 3.8) is 0 Å². The van der Waals surface area contributed by atoms with Crippen LogP contribution in [-0.2, 0) is 23.2 Å². The molecule has 0 heterocycles. The molecule has 0 amide bonds. The fraction of sp³-hybridized carbons (Fsp3) is 0.905. The summed E-state index contributed by atoms with van der Waals surface area (Å²) in [6, 6.07) is 0. The highest BCUT2D eigenvalue weighted by Gasteiger charge is 2.52. The minimum atomic E-state index is -2.05. The van der Waals surface area contributed by atoms with Gasteiger partial charge in [0.05, 0.1) is 25.7 Å². The number of carbonyl (C=O) groups is 2. The van der Waals surface area contributed by atoms with Gasteiger partial charge in [-0.15, -0.1) is 0 Å². The number of carbonyl (C=O) groups excluding carboxylic acids is 2. The van der Waals surface area contributed by atoms with Crippen LogP contribution in [0.3, 0.4) is 0 Å². The lowest BCUT2D eigenvalue weighted by Gasteiger charge is -2.40. The second-order valence-corrected chi connectivity index (χ2v) is 20.7. The van der Waals surface area contributed by atoms with Gasteiger partial charge >= 0.3 is 5.97 Å². The first kappa shape index (κ1) is 25.5. The molecule has 0 bridgehead atoms. The molecule has 0 radical (unpaired) electrons. The van der Waals surface area contributed by atoms with E-state index in [0.717, 1.165) is 6.29 Å². The Morgan fingerprint density at radius 1 is 0.929 bits per heavy atom. The van der Waals surface area contributed by atoms with E-state index >= 15 is 0 Å². The van der Waals surface area contributed by atoms with E-state index in [2.05, 4.69) is 67.7 Å². The number of hydrogen-bond donors (Lipinski definition) is 0. The van der Waals surface area contributed by atoms with Gasteiger partial charge in [-0.25, -0.2) is 0 Å². The molecule has 0 spiro atoms. The highest BCUT2D eigenvalue weighted by molar-refractivity contribution is 6.74. The van der Waals surface area contributed by atoms with Crippen molar-refractivity contribution in [2.24, 2.45) is 11.8 Å². The molecule has 28 heavy (non-hydrogen) atoms. The van der Waals surface area contributed by atoms with Crippen LogP contribution in [0.5, 0.6) is 0 Å². The van der Waals surface area contributed by atoms with Crippen LogP contribution in [0.4, 0.5) is 0 Å². The predicted octanol–water partition coefficient (Wildman–Crippen LogP) is 5.17. The minimum Gasteiger partial charge on any atom is -0.469 e. The summed E-state index contributed by atoms with van der Waals surface area (Å²) in [6.07, 6.45) is 1.45. The number of aldehydes is 1. The molecule has 7 heteroatoms. The lowest BCUT2D eigenvalue weighted by atomic mass is 9.92. The zero-order valence-corrected chi connectivity index (χ0v) is 21.8. The van der Waals surface area contributed by atoms with E-state index in [-0.39, 0.29) is 46.5 Å². The van der Waals surface area contributed by atoms with E-state index in [1.807, 2.05) is 0 Å². The maximum atomic E-state index is 12.1. The van der Waals surface area contributed by atoms with Crippen LogP contribution in [0.25, 0.3) is 0 Å². The Labute approximate surface area is 174 Å². The number of methoxy groups -OCH3 is 1. The van der Waals surface area contributed by atoms with E-state index in [1.165, 1.54) is 7.11 Å². The third kappa shape index (κ3) is 5.77. The molecule has 164 valence electrons. The normalized spacial score (nSPS) is 27.0. The average Bonchev–Trinajstić information content (AvgIpc) is 2.79. The van der Waals surface area contributed by atoms with E-state index in [0.29, 0.717) is 6.42 Å². The highest BCUT2D eigenvalue weighted by Crippen LogP contribution is 2.46.